The van der Waals surface area contributed by atoms with Gasteiger partial charge in [-0.2, -0.15) is 0 Å². The lowest BCUT2D eigenvalue weighted by Gasteiger charge is -2.05. The maximum atomic E-state index is 5.53. The van der Waals surface area contributed by atoms with Crippen LogP contribution < -0.4 is 5.73 Å². The van der Waals surface area contributed by atoms with Crippen molar-refractivity contribution in [1.82, 2.24) is 0 Å². The molecule has 0 fully saturated rings. The summed E-state index contributed by atoms with van der Waals surface area (Å²) < 4.78 is 0. The quantitative estimate of drug-likeness (QED) is 0.776. The molecule has 0 aliphatic heterocycles. The van der Waals surface area contributed by atoms with Gasteiger partial charge in [0, 0.05) is 6.54 Å². The fraction of sp³-hybridized carbons (Fsp3) is 0.385. The molecule has 1 nitrogen and oxygen atoms in total. The number of benzene rings is 1. The summed E-state index contributed by atoms with van der Waals surface area (Å²) >= 11 is 0. The Morgan fingerprint density at radius 1 is 1.29 bits per heavy atom. The lowest BCUT2D eigenvalue weighted by molar-refractivity contribution is 0.866. The molecule has 0 heterocycles. The summed E-state index contributed by atoms with van der Waals surface area (Å²) in [6, 6.07) is 8.66. The number of hydrogen-bond acceptors (Lipinski definition) is 1. The highest BCUT2D eigenvalue weighted by Crippen LogP contribution is 2.15. The van der Waals surface area contributed by atoms with Crippen molar-refractivity contribution in [1.29, 1.82) is 0 Å². The van der Waals surface area contributed by atoms with Crippen molar-refractivity contribution in [3.8, 4) is 0 Å². The summed E-state index contributed by atoms with van der Waals surface area (Å²) in [7, 11) is 0. The van der Waals surface area contributed by atoms with Crippen LogP contribution in [0.25, 0.3) is 6.08 Å². The van der Waals surface area contributed by atoms with Crippen molar-refractivity contribution in [2.24, 2.45) is 5.73 Å². The van der Waals surface area contributed by atoms with Gasteiger partial charge in [0.2, 0.25) is 0 Å². The molecule has 76 valence electrons. The lowest BCUT2D eigenvalue weighted by Crippen LogP contribution is -1.99. The zero-order chi connectivity index (χ0) is 10.6. The molecule has 0 aliphatic rings. The standard InChI is InChI=1S/C13H19N/c1-10(2)13-6-4-12(5-7-13)8-11(3)9-14/h4-8,10H,9,14H2,1-3H3/b11-8+. The first-order chi connectivity index (χ1) is 6.63. The van der Waals surface area contributed by atoms with Gasteiger partial charge in [0.1, 0.15) is 0 Å². The first-order valence-corrected chi connectivity index (χ1v) is 5.10. The van der Waals surface area contributed by atoms with Gasteiger partial charge in [0.05, 0.1) is 0 Å². The average Bonchev–Trinajstić information content (AvgIpc) is 2.18. The van der Waals surface area contributed by atoms with Crippen molar-refractivity contribution < 1.29 is 0 Å². The van der Waals surface area contributed by atoms with Crippen LogP contribution in [0.5, 0.6) is 0 Å². The van der Waals surface area contributed by atoms with E-state index in [9.17, 15) is 0 Å². The van der Waals surface area contributed by atoms with Crippen molar-refractivity contribution in [2.75, 3.05) is 6.54 Å². The van der Waals surface area contributed by atoms with E-state index in [-0.39, 0.29) is 0 Å². The monoisotopic (exact) mass is 189 g/mol. The summed E-state index contributed by atoms with van der Waals surface area (Å²) in [5.74, 6) is 0.601. The van der Waals surface area contributed by atoms with Crippen LogP contribution in [0, 0.1) is 0 Å². The molecule has 0 saturated carbocycles. The van der Waals surface area contributed by atoms with Gasteiger partial charge < -0.3 is 5.73 Å². The van der Waals surface area contributed by atoms with Crippen LogP contribution >= 0.6 is 0 Å². The van der Waals surface area contributed by atoms with Crippen LogP contribution in [0.1, 0.15) is 37.8 Å². The second-order valence-corrected chi connectivity index (χ2v) is 4.02. The first kappa shape index (κ1) is 11.0. The molecule has 0 aromatic heterocycles. The molecule has 0 amide bonds. The Morgan fingerprint density at radius 2 is 1.86 bits per heavy atom. The summed E-state index contributed by atoms with van der Waals surface area (Å²) in [5.41, 5.74) is 9.36. The van der Waals surface area contributed by atoms with Crippen LogP contribution in [0.4, 0.5) is 0 Å². The van der Waals surface area contributed by atoms with E-state index in [0.717, 1.165) is 0 Å². The molecule has 0 radical (unpaired) electrons. The molecule has 1 aromatic carbocycles. The summed E-state index contributed by atoms with van der Waals surface area (Å²) in [4.78, 5) is 0. The van der Waals surface area contributed by atoms with E-state index in [0.29, 0.717) is 12.5 Å². The predicted octanol–water partition coefficient (Wildman–Crippen LogP) is 3.17. The van der Waals surface area contributed by atoms with Gasteiger partial charge in [-0.05, 0) is 24.0 Å². The van der Waals surface area contributed by atoms with Crippen molar-refractivity contribution in [3.63, 3.8) is 0 Å². The molecule has 1 rings (SSSR count). The third-order valence-corrected chi connectivity index (χ3v) is 2.34. The highest BCUT2D eigenvalue weighted by molar-refractivity contribution is 5.53. The summed E-state index contributed by atoms with van der Waals surface area (Å²) in [6.45, 7) is 7.09. The molecule has 0 atom stereocenters. The van der Waals surface area contributed by atoms with Gasteiger partial charge in [0.25, 0.3) is 0 Å². The first-order valence-electron chi connectivity index (χ1n) is 5.10. The van der Waals surface area contributed by atoms with Gasteiger partial charge in [-0.1, -0.05) is 49.8 Å². The van der Waals surface area contributed by atoms with Crippen LogP contribution in [0.2, 0.25) is 0 Å². The highest BCUT2D eigenvalue weighted by atomic mass is 14.5. The van der Waals surface area contributed by atoms with E-state index in [1.165, 1.54) is 16.7 Å². The van der Waals surface area contributed by atoms with E-state index in [4.69, 9.17) is 5.73 Å². The molecular formula is C13H19N. The van der Waals surface area contributed by atoms with Crippen LogP contribution in [-0.2, 0) is 0 Å². The smallest absolute Gasteiger partial charge is 0.0137 e. The van der Waals surface area contributed by atoms with Gasteiger partial charge in [-0.15, -0.1) is 0 Å². The second-order valence-electron chi connectivity index (χ2n) is 4.02. The van der Waals surface area contributed by atoms with Gasteiger partial charge in [-0.3, -0.25) is 0 Å². The topological polar surface area (TPSA) is 26.0 Å². The fourth-order valence-electron chi connectivity index (χ4n) is 1.32. The molecule has 0 unspecified atom stereocenters. The largest absolute Gasteiger partial charge is 0.327 e. The maximum Gasteiger partial charge on any atom is 0.0137 e. The molecule has 0 bridgehead atoms. The molecule has 2 N–H and O–H groups in total. The van der Waals surface area contributed by atoms with Crippen LogP contribution in [-0.4, -0.2) is 6.54 Å². The van der Waals surface area contributed by atoms with E-state index in [1.54, 1.807) is 0 Å². The fourth-order valence-corrected chi connectivity index (χ4v) is 1.32. The Kier molecular flexibility index (Phi) is 3.90. The minimum absolute atomic E-state index is 0.601. The van der Waals surface area contributed by atoms with Gasteiger partial charge in [-0.25, -0.2) is 0 Å². The third-order valence-electron chi connectivity index (χ3n) is 2.34. The molecule has 14 heavy (non-hydrogen) atoms. The molecule has 1 aromatic rings. The average molecular weight is 189 g/mol. The van der Waals surface area contributed by atoms with Gasteiger partial charge in [0.15, 0.2) is 0 Å². The maximum absolute atomic E-state index is 5.53. The van der Waals surface area contributed by atoms with Crippen LogP contribution in [0.3, 0.4) is 0 Å². The second kappa shape index (κ2) is 4.97. The van der Waals surface area contributed by atoms with E-state index in [2.05, 4.69) is 51.1 Å². The Labute approximate surface area is 86.6 Å². The number of hydrogen-bond donors (Lipinski definition) is 1. The van der Waals surface area contributed by atoms with Crippen molar-refractivity contribution in [3.05, 3.63) is 41.0 Å². The molecule has 0 spiro atoms. The lowest BCUT2D eigenvalue weighted by atomic mass is 10.0. The van der Waals surface area contributed by atoms with E-state index >= 15 is 0 Å². The summed E-state index contributed by atoms with van der Waals surface area (Å²) in [6.07, 6.45) is 2.13. The third kappa shape index (κ3) is 3.00. The van der Waals surface area contributed by atoms with Crippen molar-refractivity contribution in [2.45, 2.75) is 26.7 Å². The number of rotatable bonds is 3. The zero-order valence-corrected chi connectivity index (χ0v) is 9.25. The predicted molar refractivity (Wildman–Crippen MR) is 63.2 cm³/mol. The summed E-state index contributed by atoms with van der Waals surface area (Å²) in [5, 5.41) is 0. The minimum atomic E-state index is 0.601. The Balaban J connectivity index is 2.84. The molecule has 0 saturated heterocycles. The zero-order valence-electron chi connectivity index (χ0n) is 9.25. The minimum Gasteiger partial charge on any atom is -0.327 e. The Hall–Kier alpha value is -1.08. The number of nitrogens with two attached hydrogens (primary N) is 1. The molecular weight excluding hydrogens is 170 g/mol. The van der Waals surface area contributed by atoms with E-state index < -0.39 is 0 Å². The Morgan fingerprint density at radius 3 is 2.29 bits per heavy atom. The Bertz CT molecular complexity index is 307. The molecule has 1 heteroatoms. The SMILES string of the molecule is C/C(=C\c1ccc(C(C)C)cc1)CN. The molecule has 0 aliphatic carbocycles. The van der Waals surface area contributed by atoms with Crippen LogP contribution in [0.15, 0.2) is 29.8 Å². The highest BCUT2D eigenvalue weighted by Gasteiger charge is 1.97. The van der Waals surface area contributed by atoms with Gasteiger partial charge >= 0.3 is 0 Å². The van der Waals surface area contributed by atoms with Crippen molar-refractivity contribution >= 4 is 6.08 Å². The normalized spacial score (nSPS) is 12.2. The van der Waals surface area contributed by atoms with E-state index in [1.807, 2.05) is 0 Å².